The number of methoxy groups -OCH3 is 1. The van der Waals surface area contributed by atoms with Crippen LogP contribution in [0.5, 0.6) is 0 Å². The number of anilines is 1. The summed E-state index contributed by atoms with van der Waals surface area (Å²) >= 11 is 4.40. The summed E-state index contributed by atoms with van der Waals surface area (Å²) in [7, 11) is 1.34. The lowest BCUT2D eigenvalue weighted by Crippen LogP contribution is -2.16. The lowest BCUT2D eigenvalue weighted by Gasteiger charge is -2.13. The zero-order chi connectivity index (χ0) is 22.9. The third-order valence-electron chi connectivity index (χ3n) is 5.07. The van der Waals surface area contributed by atoms with Crippen molar-refractivity contribution in [3.63, 3.8) is 0 Å². The number of ether oxygens (including phenoxy) is 1. The molecule has 166 valence electrons. The van der Waals surface area contributed by atoms with Gasteiger partial charge in [0, 0.05) is 26.7 Å². The summed E-state index contributed by atoms with van der Waals surface area (Å²) in [6.07, 6.45) is 0. The molecule has 0 aliphatic carbocycles. The second-order valence-electron chi connectivity index (χ2n) is 7.42. The first-order chi connectivity index (χ1) is 14.6. The zero-order valence-corrected chi connectivity index (χ0v) is 21.1. The molecule has 1 N–H and O–H groups in total. The van der Waals surface area contributed by atoms with Crippen LogP contribution in [0.15, 0.2) is 10.5 Å². The molecule has 0 atom stereocenters. The van der Waals surface area contributed by atoms with Gasteiger partial charge in [-0.15, -0.1) is 32.9 Å². The van der Waals surface area contributed by atoms with Gasteiger partial charge in [0.1, 0.15) is 5.00 Å². The molecule has 0 aromatic carbocycles. The molecule has 0 saturated heterocycles. The molecule has 1 amide bonds. The number of hydrogen-bond acceptors (Lipinski definition) is 8. The number of carbonyl (C=O) groups excluding carboxylic acids is 2. The van der Waals surface area contributed by atoms with Crippen LogP contribution in [0.1, 0.15) is 51.1 Å². The zero-order valence-electron chi connectivity index (χ0n) is 18.7. The molecular weight excluding hydrogens is 452 g/mol. The molecule has 10 heteroatoms. The lowest BCUT2D eigenvalue weighted by atomic mass is 10.1. The monoisotopic (exact) mass is 478 g/mol. The number of carbonyl (C=O) groups is 2. The second kappa shape index (κ2) is 9.54. The van der Waals surface area contributed by atoms with Gasteiger partial charge in [-0.2, -0.15) is 0 Å². The average molecular weight is 479 g/mol. The smallest absolute Gasteiger partial charge is 0.341 e. The number of aromatic nitrogens is 3. The average Bonchev–Trinajstić information content (AvgIpc) is 3.36. The molecule has 3 aromatic rings. The van der Waals surface area contributed by atoms with E-state index in [9.17, 15) is 9.59 Å². The Balaban J connectivity index is 1.78. The van der Waals surface area contributed by atoms with E-state index < -0.39 is 5.97 Å². The third kappa shape index (κ3) is 4.70. The van der Waals surface area contributed by atoms with Gasteiger partial charge in [0.2, 0.25) is 5.91 Å². The van der Waals surface area contributed by atoms with E-state index in [1.165, 1.54) is 40.6 Å². The molecule has 0 spiro atoms. The molecule has 0 aliphatic heterocycles. The van der Waals surface area contributed by atoms with Crippen molar-refractivity contribution in [2.45, 2.75) is 52.7 Å². The molecule has 0 unspecified atom stereocenters. The number of nitrogens with zero attached hydrogens (tertiary/aromatic N) is 3. The summed E-state index contributed by atoms with van der Waals surface area (Å²) in [5.41, 5.74) is 3.52. The minimum Gasteiger partial charge on any atom is -0.465 e. The molecule has 0 bridgehead atoms. The van der Waals surface area contributed by atoms with Crippen LogP contribution in [-0.2, 0) is 9.53 Å². The molecule has 3 aromatic heterocycles. The van der Waals surface area contributed by atoms with Crippen LogP contribution in [0.3, 0.4) is 0 Å². The SMILES string of the molecule is COC(=O)c1c(NC(=O)CSc2nnc(-c3csc(C)c3C)n2C(C)C)sc(C)c1C. The van der Waals surface area contributed by atoms with Crippen molar-refractivity contribution in [3.05, 3.63) is 31.8 Å². The van der Waals surface area contributed by atoms with Crippen molar-refractivity contribution in [2.24, 2.45) is 0 Å². The summed E-state index contributed by atoms with van der Waals surface area (Å²) in [6.45, 7) is 12.1. The fourth-order valence-electron chi connectivity index (χ4n) is 3.11. The van der Waals surface area contributed by atoms with Gasteiger partial charge in [0.25, 0.3) is 0 Å². The third-order valence-corrected chi connectivity index (χ3v) is 8.15. The fraction of sp³-hybridized carbons (Fsp3) is 0.429. The van der Waals surface area contributed by atoms with Crippen LogP contribution >= 0.6 is 34.4 Å². The van der Waals surface area contributed by atoms with Crippen LogP contribution in [0, 0.1) is 27.7 Å². The Morgan fingerprint density at radius 3 is 2.45 bits per heavy atom. The van der Waals surface area contributed by atoms with Gasteiger partial charge < -0.3 is 10.1 Å². The predicted molar refractivity (Wildman–Crippen MR) is 128 cm³/mol. The van der Waals surface area contributed by atoms with Gasteiger partial charge in [0.15, 0.2) is 11.0 Å². The van der Waals surface area contributed by atoms with Crippen LogP contribution in [0.2, 0.25) is 0 Å². The number of esters is 1. The number of thioether (sulfide) groups is 1. The molecule has 3 rings (SSSR count). The highest BCUT2D eigenvalue weighted by atomic mass is 32.2. The molecular formula is C21H26N4O3S3. The number of rotatable bonds is 7. The summed E-state index contributed by atoms with van der Waals surface area (Å²) < 4.78 is 6.93. The van der Waals surface area contributed by atoms with Gasteiger partial charge in [-0.3, -0.25) is 9.36 Å². The molecule has 0 aliphatic rings. The van der Waals surface area contributed by atoms with Gasteiger partial charge in [-0.05, 0) is 52.7 Å². The van der Waals surface area contributed by atoms with Crippen LogP contribution < -0.4 is 5.32 Å². The second-order valence-corrected chi connectivity index (χ2v) is 10.7. The minimum absolute atomic E-state index is 0.142. The largest absolute Gasteiger partial charge is 0.465 e. The van der Waals surface area contributed by atoms with E-state index in [0.717, 1.165) is 21.8 Å². The topological polar surface area (TPSA) is 86.1 Å². The normalized spacial score (nSPS) is 11.2. The number of aryl methyl sites for hydroxylation is 2. The molecule has 31 heavy (non-hydrogen) atoms. The molecule has 7 nitrogen and oxygen atoms in total. The van der Waals surface area contributed by atoms with E-state index in [1.807, 2.05) is 13.8 Å². The van der Waals surface area contributed by atoms with Crippen LogP contribution in [0.4, 0.5) is 5.00 Å². The van der Waals surface area contributed by atoms with E-state index >= 15 is 0 Å². The predicted octanol–water partition coefficient (Wildman–Crippen LogP) is 5.40. The number of hydrogen-bond donors (Lipinski definition) is 1. The highest BCUT2D eigenvalue weighted by Crippen LogP contribution is 2.35. The standard InChI is InChI=1S/C21H26N4O3S3/c1-10(2)25-18(15-8-29-13(5)11(15)3)23-24-21(25)30-9-16(26)22-19-17(20(27)28-7)12(4)14(6)31-19/h8,10H,9H2,1-7H3,(H,22,26). The quantitative estimate of drug-likeness (QED) is 0.361. The highest BCUT2D eigenvalue weighted by molar-refractivity contribution is 7.99. The molecule has 3 heterocycles. The molecule has 0 fully saturated rings. The Labute approximate surface area is 194 Å². The van der Waals surface area contributed by atoms with E-state index in [2.05, 4.69) is 53.2 Å². The molecule has 0 radical (unpaired) electrons. The van der Waals surface area contributed by atoms with Crippen molar-refractivity contribution < 1.29 is 14.3 Å². The number of thiophene rings is 2. The minimum atomic E-state index is -0.449. The Bertz CT molecular complexity index is 1130. The first kappa shape index (κ1) is 23.5. The van der Waals surface area contributed by atoms with Gasteiger partial charge in [0.05, 0.1) is 18.4 Å². The Hall–Kier alpha value is -2.17. The summed E-state index contributed by atoms with van der Waals surface area (Å²) in [5, 5.41) is 14.9. The van der Waals surface area contributed by atoms with Crippen molar-refractivity contribution in [2.75, 3.05) is 18.2 Å². The van der Waals surface area contributed by atoms with Crippen molar-refractivity contribution in [1.29, 1.82) is 0 Å². The first-order valence-corrected chi connectivity index (χ1v) is 12.4. The van der Waals surface area contributed by atoms with E-state index in [4.69, 9.17) is 4.74 Å². The number of nitrogens with one attached hydrogen (secondary N) is 1. The van der Waals surface area contributed by atoms with Gasteiger partial charge in [-0.25, -0.2) is 4.79 Å². The van der Waals surface area contributed by atoms with E-state index in [1.54, 1.807) is 11.3 Å². The highest BCUT2D eigenvalue weighted by Gasteiger charge is 2.23. The Kier molecular flexibility index (Phi) is 7.23. The van der Waals surface area contributed by atoms with Gasteiger partial charge in [-0.1, -0.05) is 11.8 Å². The lowest BCUT2D eigenvalue weighted by molar-refractivity contribution is -0.113. The van der Waals surface area contributed by atoms with Crippen molar-refractivity contribution >= 4 is 51.3 Å². The fourth-order valence-corrected chi connectivity index (χ4v) is 5.91. The number of amides is 1. The van der Waals surface area contributed by atoms with Crippen molar-refractivity contribution in [1.82, 2.24) is 14.8 Å². The maximum atomic E-state index is 12.7. The van der Waals surface area contributed by atoms with Gasteiger partial charge >= 0.3 is 5.97 Å². The van der Waals surface area contributed by atoms with Crippen molar-refractivity contribution in [3.8, 4) is 11.4 Å². The Morgan fingerprint density at radius 1 is 1.16 bits per heavy atom. The first-order valence-electron chi connectivity index (χ1n) is 9.76. The van der Waals surface area contributed by atoms with E-state index in [-0.39, 0.29) is 17.7 Å². The van der Waals surface area contributed by atoms with Crippen LogP contribution in [0.25, 0.3) is 11.4 Å². The summed E-state index contributed by atoms with van der Waals surface area (Å²) in [4.78, 5) is 27.0. The van der Waals surface area contributed by atoms with Crippen LogP contribution in [-0.4, -0.2) is 39.5 Å². The maximum Gasteiger partial charge on any atom is 0.341 e. The Morgan fingerprint density at radius 2 is 1.87 bits per heavy atom. The summed E-state index contributed by atoms with van der Waals surface area (Å²) in [5.74, 6) is 0.315. The maximum absolute atomic E-state index is 12.7. The van der Waals surface area contributed by atoms with E-state index in [0.29, 0.717) is 15.7 Å². The molecule has 0 saturated carbocycles. The summed E-state index contributed by atoms with van der Waals surface area (Å²) in [6, 6.07) is 0.142.